The van der Waals surface area contributed by atoms with Gasteiger partial charge in [0.15, 0.2) is 0 Å². The lowest BCUT2D eigenvalue weighted by Gasteiger charge is -2.13. The zero-order valence-electron chi connectivity index (χ0n) is 10.1. The zero-order valence-corrected chi connectivity index (χ0v) is 10.1. The number of hydrogen-bond acceptors (Lipinski definition) is 1. The SMILES string of the molecule is CNc1ccc(-c2ccccc2C(F)(F)F)c(F)c1. The van der Waals surface area contributed by atoms with Crippen molar-refractivity contribution in [2.45, 2.75) is 6.18 Å². The maximum absolute atomic E-state index is 13.9. The predicted octanol–water partition coefficient (Wildman–Crippen LogP) is 4.55. The van der Waals surface area contributed by atoms with Gasteiger partial charge in [-0.3, -0.25) is 0 Å². The second-order valence-corrected chi connectivity index (χ2v) is 3.99. The highest BCUT2D eigenvalue weighted by Gasteiger charge is 2.33. The van der Waals surface area contributed by atoms with Gasteiger partial charge >= 0.3 is 6.18 Å². The van der Waals surface area contributed by atoms with Gasteiger partial charge in [0.1, 0.15) is 5.82 Å². The van der Waals surface area contributed by atoms with Gasteiger partial charge in [0.2, 0.25) is 0 Å². The number of rotatable bonds is 2. The Morgan fingerprint density at radius 3 is 2.21 bits per heavy atom. The molecule has 0 amide bonds. The summed E-state index contributed by atoms with van der Waals surface area (Å²) in [5.41, 5.74) is -0.557. The van der Waals surface area contributed by atoms with Crippen LogP contribution in [0.1, 0.15) is 5.56 Å². The summed E-state index contributed by atoms with van der Waals surface area (Å²) in [6.45, 7) is 0. The Bertz CT molecular complexity index is 590. The molecule has 19 heavy (non-hydrogen) atoms. The van der Waals surface area contributed by atoms with Crippen molar-refractivity contribution in [2.24, 2.45) is 0 Å². The summed E-state index contributed by atoms with van der Waals surface area (Å²) in [7, 11) is 1.61. The van der Waals surface area contributed by atoms with E-state index in [0.717, 1.165) is 6.07 Å². The fraction of sp³-hybridized carbons (Fsp3) is 0.143. The molecule has 5 heteroatoms. The summed E-state index contributed by atoms with van der Waals surface area (Å²) in [5.74, 6) is -0.691. The molecule has 0 saturated heterocycles. The van der Waals surface area contributed by atoms with Crippen molar-refractivity contribution in [3.05, 3.63) is 53.8 Å². The van der Waals surface area contributed by atoms with Gasteiger partial charge in [0, 0.05) is 18.3 Å². The number of hydrogen-bond donors (Lipinski definition) is 1. The minimum Gasteiger partial charge on any atom is -0.388 e. The minimum absolute atomic E-state index is 0.0630. The molecule has 0 bridgehead atoms. The minimum atomic E-state index is -4.51. The molecular weight excluding hydrogens is 258 g/mol. The van der Waals surface area contributed by atoms with Gasteiger partial charge in [-0.15, -0.1) is 0 Å². The quantitative estimate of drug-likeness (QED) is 0.788. The highest BCUT2D eigenvalue weighted by Crippen LogP contribution is 2.38. The Hall–Kier alpha value is -2.04. The standard InChI is InChI=1S/C14H11F4N/c1-19-9-6-7-11(13(15)8-9)10-4-2-3-5-12(10)14(16,17)18/h2-8,19H,1H3. The average molecular weight is 269 g/mol. The molecule has 1 N–H and O–H groups in total. The van der Waals surface area contributed by atoms with E-state index in [1.54, 1.807) is 7.05 Å². The van der Waals surface area contributed by atoms with Crippen molar-refractivity contribution < 1.29 is 17.6 Å². The van der Waals surface area contributed by atoms with Crippen LogP contribution in [-0.4, -0.2) is 7.05 Å². The maximum atomic E-state index is 13.9. The van der Waals surface area contributed by atoms with Crippen molar-refractivity contribution in [2.75, 3.05) is 12.4 Å². The number of alkyl halides is 3. The molecule has 100 valence electrons. The molecule has 2 aromatic rings. The smallest absolute Gasteiger partial charge is 0.388 e. The van der Waals surface area contributed by atoms with Gasteiger partial charge in [-0.25, -0.2) is 4.39 Å². The first-order valence-electron chi connectivity index (χ1n) is 5.57. The van der Waals surface area contributed by atoms with Crippen molar-refractivity contribution in [1.82, 2.24) is 0 Å². The van der Waals surface area contributed by atoms with Crippen LogP contribution in [-0.2, 0) is 6.18 Å². The normalized spacial score (nSPS) is 11.4. The van der Waals surface area contributed by atoms with Crippen LogP contribution in [0.25, 0.3) is 11.1 Å². The Morgan fingerprint density at radius 2 is 1.63 bits per heavy atom. The Morgan fingerprint density at radius 1 is 0.947 bits per heavy atom. The van der Waals surface area contributed by atoms with Crippen LogP contribution < -0.4 is 5.32 Å². The molecule has 0 aliphatic heterocycles. The number of nitrogens with one attached hydrogen (secondary N) is 1. The van der Waals surface area contributed by atoms with Crippen LogP contribution in [0.5, 0.6) is 0 Å². The van der Waals surface area contributed by atoms with Gasteiger partial charge in [-0.2, -0.15) is 13.2 Å². The van der Waals surface area contributed by atoms with Crippen LogP contribution in [0, 0.1) is 5.82 Å². The van der Waals surface area contributed by atoms with Crippen LogP contribution in [0.3, 0.4) is 0 Å². The highest BCUT2D eigenvalue weighted by molar-refractivity contribution is 5.70. The van der Waals surface area contributed by atoms with E-state index in [4.69, 9.17) is 0 Å². The fourth-order valence-corrected chi connectivity index (χ4v) is 1.85. The maximum Gasteiger partial charge on any atom is 0.417 e. The van der Waals surface area contributed by atoms with Crippen LogP contribution in [0.15, 0.2) is 42.5 Å². The molecule has 0 aromatic heterocycles. The van der Waals surface area contributed by atoms with E-state index in [0.29, 0.717) is 5.69 Å². The third-order valence-corrected chi connectivity index (χ3v) is 2.78. The van der Waals surface area contributed by atoms with Crippen LogP contribution >= 0.6 is 0 Å². The lowest BCUT2D eigenvalue weighted by molar-refractivity contribution is -0.137. The Labute approximate surface area is 107 Å². The molecule has 0 aliphatic carbocycles. The van der Waals surface area contributed by atoms with E-state index in [1.165, 1.54) is 36.4 Å². The summed E-state index contributed by atoms with van der Waals surface area (Å²) in [6, 6.07) is 8.99. The Kier molecular flexibility index (Phi) is 3.46. The number of halogens is 4. The second-order valence-electron chi connectivity index (χ2n) is 3.99. The molecule has 0 spiro atoms. The molecule has 0 saturated carbocycles. The summed E-state index contributed by atoms with van der Waals surface area (Å²) >= 11 is 0. The van der Waals surface area contributed by atoms with Crippen LogP contribution in [0.4, 0.5) is 23.2 Å². The van der Waals surface area contributed by atoms with E-state index >= 15 is 0 Å². The van der Waals surface area contributed by atoms with E-state index in [9.17, 15) is 17.6 Å². The summed E-state index contributed by atoms with van der Waals surface area (Å²) < 4.78 is 52.5. The first kappa shape index (κ1) is 13.4. The third-order valence-electron chi connectivity index (χ3n) is 2.78. The number of benzene rings is 2. The molecule has 0 aliphatic rings. The molecule has 2 rings (SSSR count). The molecule has 0 fully saturated rings. The summed E-state index contributed by atoms with van der Waals surface area (Å²) in [6.07, 6.45) is -4.51. The highest BCUT2D eigenvalue weighted by atomic mass is 19.4. The van der Waals surface area contributed by atoms with E-state index in [-0.39, 0.29) is 11.1 Å². The largest absolute Gasteiger partial charge is 0.417 e. The lowest BCUT2D eigenvalue weighted by Crippen LogP contribution is -2.07. The third kappa shape index (κ3) is 2.70. The fourth-order valence-electron chi connectivity index (χ4n) is 1.85. The Balaban J connectivity index is 2.60. The number of anilines is 1. The van der Waals surface area contributed by atoms with Crippen molar-refractivity contribution >= 4 is 5.69 Å². The molecule has 0 radical (unpaired) electrons. The molecule has 0 heterocycles. The predicted molar refractivity (Wildman–Crippen MR) is 66.4 cm³/mol. The van der Waals surface area contributed by atoms with Crippen LogP contribution in [0.2, 0.25) is 0 Å². The van der Waals surface area contributed by atoms with Crippen molar-refractivity contribution in [3.8, 4) is 11.1 Å². The molecule has 0 unspecified atom stereocenters. The first-order chi connectivity index (χ1) is 8.93. The van der Waals surface area contributed by atoms with Crippen molar-refractivity contribution in [1.29, 1.82) is 0 Å². The monoisotopic (exact) mass is 269 g/mol. The van der Waals surface area contributed by atoms with E-state index < -0.39 is 17.6 Å². The molecule has 0 atom stereocenters. The van der Waals surface area contributed by atoms with Gasteiger partial charge in [0.05, 0.1) is 5.56 Å². The summed E-state index contributed by atoms with van der Waals surface area (Å²) in [5, 5.41) is 2.73. The van der Waals surface area contributed by atoms with E-state index in [1.807, 2.05) is 0 Å². The first-order valence-corrected chi connectivity index (χ1v) is 5.57. The molecule has 1 nitrogen and oxygen atoms in total. The zero-order chi connectivity index (χ0) is 14.0. The molecular formula is C14H11F4N. The second kappa shape index (κ2) is 4.91. The van der Waals surface area contributed by atoms with Gasteiger partial charge in [-0.05, 0) is 29.8 Å². The van der Waals surface area contributed by atoms with Crippen molar-refractivity contribution in [3.63, 3.8) is 0 Å². The summed E-state index contributed by atoms with van der Waals surface area (Å²) in [4.78, 5) is 0. The molecule has 2 aromatic carbocycles. The lowest BCUT2D eigenvalue weighted by atomic mass is 9.98. The van der Waals surface area contributed by atoms with Gasteiger partial charge < -0.3 is 5.32 Å². The van der Waals surface area contributed by atoms with E-state index in [2.05, 4.69) is 5.32 Å². The topological polar surface area (TPSA) is 12.0 Å². The van der Waals surface area contributed by atoms with Gasteiger partial charge in [-0.1, -0.05) is 18.2 Å². The van der Waals surface area contributed by atoms with Gasteiger partial charge in [0.25, 0.3) is 0 Å². The average Bonchev–Trinajstić information content (AvgIpc) is 2.37.